The van der Waals surface area contributed by atoms with Crippen LogP contribution in [-0.2, 0) is 10.2 Å². The third kappa shape index (κ3) is 2.38. The molecule has 2 N–H and O–H groups in total. The van der Waals surface area contributed by atoms with E-state index in [2.05, 4.69) is 19.5 Å². The number of hydrogen-bond donors (Lipinski definition) is 1. The van der Waals surface area contributed by atoms with Crippen LogP contribution in [0.1, 0.15) is 18.5 Å². The molecule has 8 fully saturated rings. The Hall–Kier alpha value is -2.59. The van der Waals surface area contributed by atoms with E-state index in [1.54, 1.807) is 6.20 Å². The number of rotatable bonds is 6. The molecular weight excluding hydrogens is 430 g/mol. The van der Waals surface area contributed by atoms with E-state index in [1.807, 2.05) is 6.07 Å². The maximum absolute atomic E-state index is 12.9. The molecule has 3 saturated carbocycles. The van der Waals surface area contributed by atoms with E-state index in [-0.39, 0.29) is 17.0 Å². The van der Waals surface area contributed by atoms with Crippen molar-refractivity contribution in [3.05, 3.63) is 24.0 Å². The van der Waals surface area contributed by atoms with Crippen LogP contribution in [0.4, 0.5) is 20.5 Å². The van der Waals surface area contributed by atoms with Crippen molar-refractivity contribution >= 4 is 11.8 Å². The molecule has 0 spiro atoms. The summed E-state index contributed by atoms with van der Waals surface area (Å²) in [6, 6.07) is 5.13. The van der Waals surface area contributed by atoms with Crippen molar-refractivity contribution in [1.29, 1.82) is 0 Å². The number of nitrogens with zero attached hydrogens (tertiary/aromatic N) is 5. The molecule has 2 aromatic rings. The Morgan fingerprint density at radius 1 is 1.15 bits per heavy atom. The van der Waals surface area contributed by atoms with Crippen molar-refractivity contribution in [2.45, 2.75) is 43.0 Å². The van der Waals surface area contributed by atoms with E-state index in [9.17, 15) is 8.78 Å². The highest BCUT2D eigenvalue weighted by Crippen LogP contribution is 2.85. The van der Waals surface area contributed by atoms with E-state index in [4.69, 9.17) is 20.4 Å². The number of anilines is 2. The zero-order valence-corrected chi connectivity index (χ0v) is 17.9. The summed E-state index contributed by atoms with van der Waals surface area (Å²) in [6.45, 7) is 0.789. The second kappa shape index (κ2) is 6.09. The molecule has 0 aromatic carbocycles. The smallest absolute Gasteiger partial charge is 0.387 e. The van der Waals surface area contributed by atoms with Crippen LogP contribution in [0.15, 0.2) is 18.3 Å². The van der Waals surface area contributed by atoms with Gasteiger partial charge in [0.05, 0.1) is 30.6 Å². The third-order valence-corrected chi connectivity index (χ3v) is 8.98. The van der Waals surface area contributed by atoms with Crippen LogP contribution >= 0.6 is 0 Å². The standard InChI is InChI=1S/C23H24F2N6O2/c24-21(25)33-16-3-11(5-27-20(16)26)15-4-17(29-22(28-15)31-6-10-1-12(31)2-10)23-14-7-30(13-8-32-9-13)19(23)18(14)23/h3-5,10,12-14,18-19,21H,1-2,6-9H2,(H2,26,27). The van der Waals surface area contributed by atoms with E-state index in [1.165, 1.54) is 18.9 Å². The number of fused-ring (bicyclic) bond motifs is 2. The van der Waals surface area contributed by atoms with Crippen molar-refractivity contribution < 1.29 is 18.3 Å². The Morgan fingerprint density at radius 2 is 2.00 bits per heavy atom. The molecule has 0 radical (unpaired) electrons. The molecule has 2 aromatic heterocycles. The van der Waals surface area contributed by atoms with Crippen molar-refractivity contribution in [1.82, 2.24) is 19.9 Å². The lowest BCUT2D eigenvalue weighted by Gasteiger charge is -2.34. The van der Waals surface area contributed by atoms with Gasteiger partial charge in [0.25, 0.3) is 0 Å². The van der Waals surface area contributed by atoms with E-state index in [0.717, 1.165) is 43.9 Å². The zero-order valence-electron chi connectivity index (χ0n) is 17.9. The minimum absolute atomic E-state index is 0.0617. The van der Waals surface area contributed by atoms with E-state index < -0.39 is 6.61 Å². The molecule has 10 rings (SSSR count). The molecule has 4 bridgehead atoms. The predicted octanol–water partition coefficient (Wildman–Crippen LogP) is 1.90. The SMILES string of the molecule is Nc1ncc(-c2cc(C34C5CN(C6COC6)C3C54)nc(N3CC4CC3C4)n2)cc1OC(F)F. The first-order valence-electron chi connectivity index (χ1n) is 11.7. The van der Waals surface area contributed by atoms with Crippen molar-refractivity contribution in [3.63, 3.8) is 0 Å². The summed E-state index contributed by atoms with van der Waals surface area (Å²) in [5.41, 5.74) is 8.27. The molecule has 7 heterocycles. The highest BCUT2D eigenvalue weighted by molar-refractivity contribution is 5.68. The predicted molar refractivity (Wildman–Crippen MR) is 114 cm³/mol. The average Bonchev–Trinajstić information content (AvgIpc) is 3.18. The highest BCUT2D eigenvalue weighted by Gasteiger charge is 2.93. The van der Waals surface area contributed by atoms with Crippen LogP contribution in [0.2, 0.25) is 0 Å². The van der Waals surface area contributed by atoms with Gasteiger partial charge in [-0.1, -0.05) is 0 Å². The van der Waals surface area contributed by atoms with Crippen LogP contribution < -0.4 is 15.4 Å². The molecule has 0 amide bonds. The van der Waals surface area contributed by atoms with E-state index >= 15 is 0 Å². The number of hydrogen-bond acceptors (Lipinski definition) is 8. The number of nitrogens with two attached hydrogens (primary N) is 1. The Labute approximate surface area is 189 Å². The summed E-state index contributed by atoms with van der Waals surface area (Å²) in [5.74, 6) is 2.61. The van der Waals surface area contributed by atoms with Gasteiger partial charge in [0.1, 0.15) is 0 Å². The van der Waals surface area contributed by atoms with Crippen molar-refractivity contribution in [2.24, 2.45) is 17.8 Å². The molecule has 8 nitrogen and oxygen atoms in total. The molecule has 4 atom stereocenters. The minimum atomic E-state index is -2.97. The topological polar surface area (TPSA) is 89.6 Å². The van der Waals surface area contributed by atoms with Crippen LogP contribution in [0.25, 0.3) is 11.3 Å². The Morgan fingerprint density at radius 3 is 2.67 bits per heavy atom. The van der Waals surface area contributed by atoms with Crippen molar-refractivity contribution in [2.75, 3.05) is 36.9 Å². The highest BCUT2D eigenvalue weighted by atomic mass is 19.3. The number of aromatic nitrogens is 3. The number of halogens is 2. The summed E-state index contributed by atoms with van der Waals surface area (Å²) in [7, 11) is 0. The molecule has 4 unspecified atom stereocenters. The number of ether oxygens (including phenoxy) is 2. The van der Waals surface area contributed by atoms with Gasteiger partial charge >= 0.3 is 6.61 Å². The number of nitrogen functional groups attached to an aromatic ring is 1. The molecule has 10 heteroatoms. The van der Waals surface area contributed by atoms with Crippen molar-refractivity contribution in [3.8, 4) is 17.0 Å². The molecule has 5 saturated heterocycles. The normalized spacial score (nSPS) is 37.7. The average molecular weight is 454 g/mol. The largest absolute Gasteiger partial charge is 0.431 e. The van der Waals surface area contributed by atoms with Crippen LogP contribution in [0, 0.1) is 17.8 Å². The second-order valence-electron chi connectivity index (χ2n) is 10.5. The summed E-state index contributed by atoms with van der Waals surface area (Å²) in [5, 5.41) is 0. The zero-order chi connectivity index (χ0) is 22.1. The second-order valence-corrected chi connectivity index (χ2v) is 10.5. The van der Waals surface area contributed by atoms with Gasteiger partial charge in [0, 0.05) is 42.3 Å². The fourth-order valence-corrected chi connectivity index (χ4v) is 7.13. The Kier molecular flexibility index (Phi) is 3.47. The molecule has 172 valence electrons. The fourth-order valence-electron chi connectivity index (χ4n) is 7.13. The molecular formula is C23H24F2N6O2. The Bertz CT molecular complexity index is 1170. The van der Waals surface area contributed by atoms with Crippen LogP contribution in [0.5, 0.6) is 5.75 Å². The minimum Gasteiger partial charge on any atom is -0.431 e. The maximum Gasteiger partial charge on any atom is 0.387 e. The fraction of sp³-hybridized carbons (Fsp3) is 0.609. The van der Waals surface area contributed by atoms with E-state index in [0.29, 0.717) is 41.2 Å². The first kappa shape index (κ1) is 18.8. The quantitative estimate of drug-likeness (QED) is 0.708. The Balaban J connectivity index is 1.20. The lowest BCUT2D eigenvalue weighted by molar-refractivity contribution is -0.0601. The summed E-state index contributed by atoms with van der Waals surface area (Å²) in [6.07, 6.45) is 3.98. The number of piperidine rings is 1. The first-order valence-corrected chi connectivity index (χ1v) is 11.7. The van der Waals surface area contributed by atoms with Gasteiger partial charge in [0.15, 0.2) is 11.6 Å². The maximum atomic E-state index is 12.9. The van der Waals surface area contributed by atoms with Crippen LogP contribution in [-0.4, -0.2) is 70.9 Å². The lowest BCUT2D eigenvalue weighted by atomic mass is 9.86. The lowest BCUT2D eigenvalue weighted by Crippen LogP contribution is -2.48. The van der Waals surface area contributed by atoms with Gasteiger partial charge in [-0.3, -0.25) is 4.90 Å². The first-order chi connectivity index (χ1) is 16.0. The molecule has 5 aliphatic heterocycles. The number of pyridine rings is 1. The monoisotopic (exact) mass is 454 g/mol. The molecule has 3 aliphatic carbocycles. The van der Waals surface area contributed by atoms with Gasteiger partial charge in [0.2, 0.25) is 5.95 Å². The van der Waals surface area contributed by atoms with Gasteiger partial charge in [-0.15, -0.1) is 0 Å². The van der Waals surface area contributed by atoms with Crippen LogP contribution in [0.3, 0.4) is 0 Å². The van der Waals surface area contributed by atoms with Gasteiger partial charge in [-0.05, 0) is 42.7 Å². The van der Waals surface area contributed by atoms with Gasteiger partial charge in [-0.2, -0.15) is 8.78 Å². The molecule has 33 heavy (non-hydrogen) atoms. The number of alkyl halides is 2. The summed E-state index contributed by atoms with van der Waals surface area (Å²) in [4.78, 5) is 19.0. The third-order valence-electron chi connectivity index (χ3n) is 8.98. The summed E-state index contributed by atoms with van der Waals surface area (Å²) < 4.78 is 35.7. The van der Waals surface area contributed by atoms with Gasteiger partial charge < -0.3 is 20.1 Å². The molecule has 8 aliphatic rings. The van der Waals surface area contributed by atoms with Gasteiger partial charge in [-0.25, -0.2) is 15.0 Å². The summed E-state index contributed by atoms with van der Waals surface area (Å²) >= 11 is 0.